The summed E-state index contributed by atoms with van der Waals surface area (Å²) in [6, 6.07) is 20.1. The van der Waals surface area contributed by atoms with Gasteiger partial charge in [-0.25, -0.2) is 22.3 Å². The third-order valence-corrected chi connectivity index (χ3v) is 7.68. The number of nitrogens with zero attached hydrogens (tertiary/aromatic N) is 1. The van der Waals surface area contributed by atoms with Gasteiger partial charge in [0.05, 0.1) is 17.5 Å². The number of cyclic esters (lactones) is 1. The van der Waals surface area contributed by atoms with E-state index in [-0.39, 0.29) is 17.0 Å². The molecule has 1 saturated heterocycles. The van der Waals surface area contributed by atoms with E-state index in [9.17, 15) is 22.4 Å². The Morgan fingerprint density at radius 1 is 1.03 bits per heavy atom. The number of benzene rings is 3. The van der Waals surface area contributed by atoms with Crippen LogP contribution in [0.2, 0.25) is 0 Å². The van der Waals surface area contributed by atoms with E-state index in [1.807, 2.05) is 30.3 Å². The Labute approximate surface area is 221 Å². The molecule has 3 aromatic carbocycles. The first-order chi connectivity index (χ1) is 17.9. The Hall–Kier alpha value is -3.76. The van der Waals surface area contributed by atoms with Gasteiger partial charge in [-0.15, -0.1) is 0 Å². The lowest BCUT2D eigenvalue weighted by atomic mass is 10.0. The minimum atomic E-state index is -3.73. The van der Waals surface area contributed by atoms with Crippen LogP contribution in [0.1, 0.15) is 36.7 Å². The topological polar surface area (TPSA) is 105 Å². The fourth-order valence-corrected chi connectivity index (χ4v) is 5.59. The zero-order chi connectivity index (χ0) is 27.5. The van der Waals surface area contributed by atoms with Gasteiger partial charge < -0.3 is 10.1 Å². The Morgan fingerprint density at radius 3 is 2.26 bits per heavy atom. The summed E-state index contributed by atoms with van der Waals surface area (Å²) in [4.78, 5) is 27.2. The van der Waals surface area contributed by atoms with Gasteiger partial charge in [-0.1, -0.05) is 30.3 Å². The maximum Gasteiger partial charge on any atom is 0.414 e. The van der Waals surface area contributed by atoms with Crippen LogP contribution in [0.25, 0.3) is 0 Å². The number of carbonyl (C=O) groups is 2. The predicted octanol–water partition coefficient (Wildman–Crippen LogP) is 4.27. The van der Waals surface area contributed by atoms with Gasteiger partial charge in [-0.3, -0.25) is 9.69 Å². The van der Waals surface area contributed by atoms with E-state index >= 15 is 0 Å². The van der Waals surface area contributed by atoms with E-state index < -0.39 is 45.5 Å². The van der Waals surface area contributed by atoms with Gasteiger partial charge in [0.1, 0.15) is 11.9 Å². The molecular weight excluding hydrogens is 509 g/mol. The molecule has 1 aliphatic rings. The van der Waals surface area contributed by atoms with Crippen molar-refractivity contribution in [1.29, 1.82) is 0 Å². The van der Waals surface area contributed by atoms with Gasteiger partial charge in [0.25, 0.3) is 5.91 Å². The molecule has 1 heterocycles. The van der Waals surface area contributed by atoms with E-state index in [4.69, 9.17) is 4.74 Å². The van der Waals surface area contributed by atoms with Gasteiger partial charge in [0.2, 0.25) is 10.0 Å². The van der Waals surface area contributed by atoms with E-state index in [0.717, 1.165) is 5.56 Å². The van der Waals surface area contributed by atoms with Gasteiger partial charge in [0.15, 0.2) is 0 Å². The highest BCUT2D eigenvalue weighted by Gasteiger charge is 2.38. The maximum absolute atomic E-state index is 13.3. The molecule has 1 aliphatic heterocycles. The van der Waals surface area contributed by atoms with Crippen molar-refractivity contribution in [3.05, 3.63) is 95.8 Å². The molecule has 3 aromatic rings. The maximum atomic E-state index is 13.3. The Balaban J connectivity index is 1.53. The summed E-state index contributed by atoms with van der Waals surface area (Å²) in [5.41, 5.74) is 1.05. The summed E-state index contributed by atoms with van der Waals surface area (Å²) >= 11 is 0. The number of amides is 2. The number of sulfonamides is 1. The molecule has 200 valence electrons. The second kappa shape index (κ2) is 10.9. The SMILES string of the molecule is CC(C)(C)NS(=O)(=O)c1ccc(N2C[C@H](C(Cc3ccccc3)NC(=O)c3ccc(F)cc3)OC2=O)cc1. The van der Waals surface area contributed by atoms with Crippen LogP contribution in [0.3, 0.4) is 0 Å². The molecule has 10 heteroatoms. The second-order valence-electron chi connectivity index (χ2n) is 10.2. The lowest BCUT2D eigenvalue weighted by Gasteiger charge is -2.24. The highest BCUT2D eigenvalue weighted by atomic mass is 32.2. The highest BCUT2D eigenvalue weighted by Crippen LogP contribution is 2.26. The van der Waals surface area contributed by atoms with E-state index in [1.54, 1.807) is 32.9 Å². The van der Waals surface area contributed by atoms with E-state index in [2.05, 4.69) is 10.0 Å². The standard InChI is InChI=1S/C28H30FN3O5S/c1-28(2,3)31-38(35,36)23-15-13-22(14-16-23)32-18-25(37-27(32)34)24(17-19-7-5-4-6-8-19)30-26(33)20-9-11-21(29)12-10-20/h4-16,24-25,31H,17-18H2,1-3H3,(H,30,33)/t24?,25-/m1/s1. The first-order valence-corrected chi connectivity index (χ1v) is 13.6. The van der Waals surface area contributed by atoms with Crippen LogP contribution in [0, 0.1) is 5.82 Å². The van der Waals surface area contributed by atoms with Crippen molar-refractivity contribution in [3.8, 4) is 0 Å². The molecule has 0 saturated carbocycles. The van der Waals surface area contributed by atoms with Crippen molar-refractivity contribution >= 4 is 27.7 Å². The molecule has 2 amide bonds. The third-order valence-electron chi connectivity index (χ3n) is 5.90. The van der Waals surface area contributed by atoms with Crippen LogP contribution in [0.15, 0.2) is 83.8 Å². The quantitative estimate of drug-likeness (QED) is 0.445. The molecule has 38 heavy (non-hydrogen) atoms. The third kappa shape index (κ3) is 6.76. The molecule has 2 N–H and O–H groups in total. The van der Waals surface area contributed by atoms with Crippen molar-refractivity contribution in [2.24, 2.45) is 0 Å². The zero-order valence-corrected chi connectivity index (χ0v) is 22.2. The van der Waals surface area contributed by atoms with Gasteiger partial charge >= 0.3 is 6.09 Å². The van der Waals surface area contributed by atoms with Crippen LogP contribution < -0.4 is 14.9 Å². The molecule has 1 unspecified atom stereocenters. The van der Waals surface area contributed by atoms with Gasteiger partial charge in [-0.2, -0.15) is 0 Å². The molecule has 0 aromatic heterocycles. The first kappa shape index (κ1) is 27.3. The first-order valence-electron chi connectivity index (χ1n) is 12.1. The summed E-state index contributed by atoms with van der Waals surface area (Å²) in [5, 5.41) is 2.93. The zero-order valence-electron chi connectivity index (χ0n) is 21.3. The summed E-state index contributed by atoms with van der Waals surface area (Å²) in [6.07, 6.45) is -0.888. The van der Waals surface area contributed by atoms with Crippen molar-refractivity contribution in [2.45, 2.75) is 49.8 Å². The van der Waals surface area contributed by atoms with Crippen LogP contribution in [0.4, 0.5) is 14.9 Å². The smallest absolute Gasteiger partial charge is 0.414 e. The summed E-state index contributed by atoms with van der Waals surface area (Å²) in [7, 11) is -3.73. The molecule has 0 aliphatic carbocycles. The molecule has 2 atom stereocenters. The average molecular weight is 540 g/mol. The Morgan fingerprint density at radius 2 is 1.66 bits per heavy atom. The molecular formula is C28H30FN3O5S. The van der Waals surface area contributed by atoms with Gasteiger partial charge in [-0.05, 0) is 81.3 Å². The summed E-state index contributed by atoms with van der Waals surface area (Å²) in [6.45, 7) is 5.40. The fraction of sp³-hybridized carbons (Fsp3) is 0.286. The lowest BCUT2D eigenvalue weighted by Crippen LogP contribution is -2.46. The lowest BCUT2D eigenvalue weighted by molar-refractivity contribution is 0.0840. The van der Waals surface area contributed by atoms with Crippen LogP contribution >= 0.6 is 0 Å². The largest absolute Gasteiger partial charge is 0.442 e. The number of rotatable bonds is 8. The average Bonchev–Trinajstić information content (AvgIpc) is 3.25. The van der Waals surface area contributed by atoms with Crippen LogP contribution in [0.5, 0.6) is 0 Å². The molecule has 1 fully saturated rings. The van der Waals surface area contributed by atoms with Crippen molar-refractivity contribution in [3.63, 3.8) is 0 Å². The number of halogens is 1. The van der Waals surface area contributed by atoms with Gasteiger partial charge in [0, 0.05) is 16.8 Å². The second-order valence-corrected chi connectivity index (χ2v) is 11.8. The van der Waals surface area contributed by atoms with Crippen molar-refractivity contribution in [1.82, 2.24) is 10.0 Å². The highest BCUT2D eigenvalue weighted by molar-refractivity contribution is 7.89. The Bertz CT molecular complexity index is 1390. The van der Waals surface area contributed by atoms with Crippen molar-refractivity contribution in [2.75, 3.05) is 11.4 Å². The number of hydrogen-bond donors (Lipinski definition) is 2. The fourth-order valence-electron chi connectivity index (χ4n) is 4.17. The monoisotopic (exact) mass is 539 g/mol. The van der Waals surface area contributed by atoms with Crippen LogP contribution in [-0.4, -0.2) is 44.6 Å². The van der Waals surface area contributed by atoms with Crippen LogP contribution in [-0.2, 0) is 21.2 Å². The molecule has 0 spiro atoms. The number of ether oxygens (including phenoxy) is 1. The number of anilines is 1. The normalized spacial score (nSPS) is 16.7. The molecule has 4 rings (SSSR count). The summed E-state index contributed by atoms with van der Waals surface area (Å²) < 4.78 is 46.8. The number of nitrogens with one attached hydrogen (secondary N) is 2. The summed E-state index contributed by atoms with van der Waals surface area (Å²) in [5.74, 6) is -0.864. The predicted molar refractivity (Wildman–Crippen MR) is 142 cm³/mol. The number of hydrogen-bond acceptors (Lipinski definition) is 5. The number of carbonyl (C=O) groups excluding carboxylic acids is 2. The minimum Gasteiger partial charge on any atom is -0.442 e. The van der Waals surface area contributed by atoms with E-state index in [0.29, 0.717) is 12.1 Å². The van der Waals surface area contributed by atoms with E-state index in [1.165, 1.54) is 41.3 Å². The Kier molecular flexibility index (Phi) is 7.84. The molecule has 0 radical (unpaired) electrons. The van der Waals surface area contributed by atoms with Crippen molar-refractivity contribution < 1.29 is 27.1 Å². The molecule has 0 bridgehead atoms. The molecule has 8 nitrogen and oxygen atoms in total. The minimum absolute atomic E-state index is 0.0776.